The zero-order valence-electron chi connectivity index (χ0n) is 13.4. The molecule has 1 aliphatic heterocycles. The first-order chi connectivity index (χ1) is 10.5. The van der Waals surface area contributed by atoms with Gasteiger partial charge in [0.25, 0.3) is 0 Å². The standard InChI is InChI=1S/C18H25NO3/c1-3-18(21)8-14-10-19(11-15(14)9-18)12-17(20)13-4-6-16(22-2)7-5-13/h4-7,14-15,21H,3,8-12H2,1-2H3/t14-,15+,18?. The van der Waals surface area contributed by atoms with Gasteiger partial charge in [-0.3, -0.25) is 9.69 Å². The lowest BCUT2D eigenvalue weighted by atomic mass is 9.97. The Balaban J connectivity index is 1.56. The van der Waals surface area contributed by atoms with Gasteiger partial charge in [-0.05, 0) is 55.4 Å². The first-order valence-electron chi connectivity index (χ1n) is 8.15. The van der Waals surface area contributed by atoms with Gasteiger partial charge in [0.2, 0.25) is 0 Å². The number of rotatable bonds is 5. The zero-order valence-corrected chi connectivity index (χ0v) is 13.4. The largest absolute Gasteiger partial charge is 0.497 e. The summed E-state index contributed by atoms with van der Waals surface area (Å²) in [4.78, 5) is 14.6. The summed E-state index contributed by atoms with van der Waals surface area (Å²) >= 11 is 0. The number of nitrogens with zero attached hydrogens (tertiary/aromatic N) is 1. The number of hydrogen-bond acceptors (Lipinski definition) is 4. The van der Waals surface area contributed by atoms with E-state index in [1.165, 1.54) is 0 Å². The van der Waals surface area contributed by atoms with E-state index >= 15 is 0 Å². The van der Waals surface area contributed by atoms with E-state index in [0.717, 1.165) is 43.7 Å². The number of fused-ring (bicyclic) bond motifs is 1. The zero-order chi connectivity index (χ0) is 15.7. The fraction of sp³-hybridized carbons (Fsp3) is 0.611. The molecule has 4 nitrogen and oxygen atoms in total. The van der Waals surface area contributed by atoms with Crippen LogP contribution in [0.5, 0.6) is 5.75 Å². The summed E-state index contributed by atoms with van der Waals surface area (Å²) < 4.78 is 5.12. The number of benzene rings is 1. The van der Waals surface area contributed by atoms with Crippen LogP contribution in [0.4, 0.5) is 0 Å². The van der Waals surface area contributed by atoms with Crippen molar-refractivity contribution in [1.29, 1.82) is 0 Å². The van der Waals surface area contributed by atoms with Crippen LogP contribution >= 0.6 is 0 Å². The quantitative estimate of drug-likeness (QED) is 0.848. The van der Waals surface area contributed by atoms with Crippen molar-refractivity contribution >= 4 is 5.78 Å². The Morgan fingerprint density at radius 2 is 1.86 bits per heavy atom. The first kappa shape index (κ1) is 15.5. The maximum Gasteiger partial charge on any atom is 0.176 e. The van der Waals surface area contributed by atoms with Crippen molar-refractivity contribution < 1.29 is 14.6 Å². The molecule has 1 heterocycles. The fourth-order valence-electron chi connectivity index (χ4n) is 4.05. The summed E-state index contributed by atoms with van der Waals surface area (Å²) in [6.07, 6.45) is 2.62. The monoisotopic (exact) mass is 303 g/mol. The van der Waals surface area contributed by atoms with Crippen LogP contribution in [0.2, 0.25) is 0 Å². The highest BCUT2D eigenvalue weighted by atomic mass is 16.5. The van der Waals surface area contributed by atoms with Gasteiger partial charge in [0.1, 0.15) is 5.75 Å². The highest BCUT2D eigenvalue weighted by Gasteiger charge is 2.47. The average molecular weight is 303 g/mol. The molecule has 1 aliphatic carbocycles. The minimum Gasteiger partial charge on any atom is -0.497 e. The molecular weight excluding hydrogens is 278 g/mol. The lowest BCUT2D eigenvalue weighted by Crippen LogP contribution is -2.32. The third kappa shape index (κ3) is 3.03. The van der Waals surface area contributed by atoms with E-state index in [9.17, 15) is 9.90 Å². The molecule has 0 spiro atoms. The second-order valence-corrected chi connectivity index (χ2v) is 6.85. The molecule has 3 atom stereocenters. The Kier molecular flexibility index (Phi) is 4.24. The van der Waals surface area contributed by atoms with E-state index in [1.807, 2.05) is 24.3 Å². The molecule has 1 aromatic carbocycles. The minimum atomic E-state index is -0.457. The van der Waals surface area contributed by atoms with Gasteiger partial charge in [-0.15, -0.1) is 0 Å². The molecule has 2 aliphatic rings. The number of carbonyl (C=O) groups is 1. The third-order valence-electron chi connectivity index (χ3n) is 5.37. The van der Waals surface area contributed by atoms with Gasteiger partial charge in [-0.25, -0.2) is 0 Å². The van der Waals surface area contributed by atoms with Gasteiger partial charge in [0.05, 0.1) is 19.3 Å². The molecule has 1 saturated heterocycles. The molecule has 0 bridgehead atoms. The maximum absolute atomic E-state index is 12.4. The average Bonchev–Trinajstić information content (AvgIpc) is 3.02. The molecular formula is C18H25NO3. The molecule has 1 saturated carbocycles. The second-order valence-electron chi connectivity index (χ2n) is 6.85. The molecule has 120 valence electrons. The summed E-state index contributed by atoms with van der Waals surface area (Å²) in [7, 11) is 1.62. The first-order valence-corrected chi connectivity index (χ1v) is 8.15. The number of aliphatic hydroxyl groups is 1. The van der Waals surface area contributed by atoms with Gasteiger partial charge in [-0.1, -0.05) is 6.92 Å². The van der Waals surface area contributed by atoms with Crippen LogP contribution in [0.15, 0.2) is 24.3 Å². The number of Topliss-reactive ketones (excluding diaryl/α,β-unsaturated/α-hetero) is 1. The molecule has 1 N–H and O–H groups in total. The Morgan fingerprint density at radius 1 is 1.27 bits per heavy atom. The molecule has 0 amide bonds. The van der Waals surface area contributed by atoms with Gasteiger partial charge in [0, 0.05) is 18.7 Å². The Labute approximate surface area is 132 Å². The predicted molar refractivity (Wildman–Crippen MR) is 85.2 cm³/mol. The SMILES string of the molecule is CCC1(O)C[C@H]2CN(CC(=O)c3ccc(OC)cc3)C[C@H]2C1. The Morgan fingerprint density at radius 3 is 2.36 bits per heavy atom. The van der Waals surface area contributed by atoms with Gasteiger partial charge < -0.3 is 9.84 Å². The maximum atomic E-state index is 12.4. The topological polar surface area (TPSA) is 49.8 Å². The molecule has 2 fully saturated rings. The molecule has 4 heteroatoms. The molecule has 0 radical (unpaired) electrons. The second kappa shape index (κ2) is 6.01. The van der Waals surface area contributed by atoms with Crippen LogP contribution in [-0.2, 0) is 0 Å². The van der Waals surface area contributed by atoms with Crippen molar-refractivity contribution in [3.05, 3.63) is 29.8 Å². The van der Waals surface area contributed by atoms with E-state index in [2.05, 4.69) is 11.8 Å². The summed E-state index contributed by atoms with van der Waals surface area (Å²) in [5, 5.41) is 10.4. The smallest absolute Gasteiger partial charge is 0.176 e. The summed E-state index contributed by atoms with van der Waals surface area (Å²) in [6, 6.07) is 7.31. The fourth-order valence-corrected chi connectivity index (χ4v) is 4.05. The van der Waals surface area contributed by atoms with Crippen molar-refractivity contribution in [1.82, 2.24) is 4.90 Å². The van der Waals surface area contributed by atoms with E-state index in [-0.39, 0.29) is 5.78 Å². The number of likely N-dealkylation sites (tertiary alicyclic amines) is 1. The number of hydrogen-bond donors (Lipinski definition) is 1. The number of carbonyl (C=O) groups excluding carboxylic acids is 1. The highest BCUT2D eigenvalue weighted by molar-refractivity contribution is 5.97. The van der Waals surface area contributed by atoms with Crippen LogP contribution in [-0.4, -0.2) is 48.1 Å². The third-order valence-corrected chi connectivity index (χ3v) is 5.37. The summed E-state index contributed by atoms with van der Waals surface area (Å²) in [5.74, 6) is 2.03. The van der Waals surface area contributed by atoms with Crippen molar-refractivity contribution in [2.75, 3.05) is 26.7 Å². The lowest BCUT2D eigenvalue weighted by molar-refractivity contribution is 0.0315. The molecule has 22 heavy (non-hydrogen) atoms. The minimum absolute atomic E-state index is 0.161. The van der Waals surface area contributed by atoms with E-state index in [1.54, 1.807) is 7.11 Å². The number of ketones is 1. The van der Waals surface area contributed by atoms with Crippen LogP contribution < -0.4 is 4.74 Å². The molecule has 1 aromatic rings. The van der Waals surface area contributed by atoms with Crippen molar-refractivity contribution in [3.8, 4) is 5.75 Å². The van der Waals surface area contributed by atoms with Crippen molar-refractivity contribution in [2.24, 2.45) is 11.8 Å². The van der Waals surface area contributed by atoms with Crippen molar-refractivity contribution in [2.45, 2.75) is 31.8 Å². The Hall–Kier alpha value is -1.39. The van der Waals surface area contributed by atoms with Gasteiger partial charge in [0.15, 0.2) is 5.78 Å². The van der Waals surface area contributed by atoms with Crippen molar-refractivity contribution in [3.63, 3.8) is 0 Å². The van der Waals surface area contributed by atoms with Crippen LogP contribution in [0.3, 0.4) is 0 Å². The van der Waals surface area contributed by atoms with Gasteiger partial charge in [-0.2, -0.15) is 0 Å². The molecule has 0 aromatic heterocycles. The van der Waals surface area contributed by atoms with E-state index in [0.29, 0.717) is 18.4 Å². The van der Waals surface area contributed by atoms with Crippen LogP contribution in [0, 0.1) is 11.8 Å². The van der Waals surface area contributed by atoms with Gasteiger partial charge >= 0.3 is 0 Å². The number of ether oxygens (including phenoxy) is 1. The number of methoxy groups -OCH3 is 1. The highest BCUT2D eigenvalue weighted by Crippen LogP contribution is 2.45. The van der Waals surface area contributed by atoms with Crippen LogP contribution in [0.1, 0.15) is 36.5 Å². The normalized spacial score (nSPS) is 31.2. The van der Waals surface area contributed by atoms with E-state index in [4.69, 9.17) is 4.74 Å². The summed E-state index contributed by atoms with van der Waals surface area (Å²) in [6.45, 7) is 4.42. The Bertz CT molecular complexity index is 526. The van der Waals surface area contributed by atoms with Crippen LogP contribution in [0.25, 0.3) is 0 Å². The molecule has 1 unspecified atom stereocenters. The predicted octanol–water partition coefficient (Wildman–Crippen LogP) is 2.36. The van der Waals surface area contributed by atoms with E-state index < -0.39 is 5.60 Å². The lowest BCUT2D eigenvalue weighted by Gasteiger charge is -2.24. The molecule has 3 rings (SSSR count). The summed E-state index contributed by atoms with van der Waals surface area (Å²) in [5.41, 5.74) is 0.282.